The predicted molar refractivity (Wildman–Crippen MR) is 198 cm³/mol. The zero-order valence-corrected chi connectivity index (χ0v) is 26.5. The Kier molecular flexibility index (Phi) is 11.7. The largest absolute Gasteiger partial charge is 0.387 e. The van der Waals surface area contributed by atoms with Gasteiger partial charge in [-0.05, 0) is 76.7 Å². The van der Waals surface area contributed by atoms with Gasteiger partial charge in [0.05, 0.1) is 0 Å². The summed E-state index contributed by atoms with van der Waals surface area (Å²) in [6.45, 7) is 9.23. The quantitative estimate of drug-likeness (QED) is 0.165. The highest BCUT2D eigenvalue weighted by Crippen LogP contribution is 2.32. The van der Waals surface area contributed by atoms with Crippen LogP contribution in [0.3, 0.4) is 0 Å². The number of amidine groups is 1. The highest BCUT2D eigenvalue weighted by Gasteiger charge is 2.16. The Morgan fingerprint density at radius 2 is 1.59 bits per heavy atom. The molecule has 5 rings (SSSR count). The van der Waals surface area contributed by atoms with E-state index in [1.165, 1.54) is 27.9 Å². The lowest BCUT2D eigenvalue weighted by Crippen LogP contribution is -2.11. The number of rotatable bonds is 9. The Morgan fingerprint density at radius 1 is 0.826 bits per heavy atom. The summed E-state index contributed by atoms with van der Waals surface area (Å²) >= 11 is 0. The Balaban J connectivity index is 1.36. The van der Waals surface area contributed by atoms with Crippen LogP contribution in [0.15, 0.2) is 197 Å². The van der Waals surface area contributed by atoms with Crippen LogP contribution in [0.2, 0.25) is 0 Å². The van der Waals surface area contributed by atoms with Gasteiger partial charge in [0.2, 0.25) is 0 Å². The van der Waals surface area contributed by atoms with Crippen LogP contribution >= 0.6 is 0 Å². The molecule has 3 heteroatoms. The summed E-state index contributed by atoms with van der Waals surface area (Å²) in [4.78, 5) is 4.62. The van der Waals surface area contributed by atoms with Gasteiger partial charge in [0.25, 0.3) is 0 Å². The Labute approximate surface area is 274 Å². The lowest BCUT2D eigenvalue weighted by Gasteiger charge is -2.21. The van der Waals surface area contributed by atoms with Crippen LogP contribution in [0.5, 0.6) is 0 Å². The second-order valence-corrected chi connectivity index (χ2v) is 11.6. The molecule has 3 aliphatic carbocycles. The standard InChI is InChI=1S/C43H43N3/c1-33(36-16-9-6-4-3-5-7-10-17-36)22-23-34(2)43(44)46-32-42(39-26-24-38(25-27-39)37-18-11-8-12-19-37)30-35-15-13-20-40(29-35)41-21-14-28-45-31-41/h3-11,13-14,16-18,20-24,26,29-32,35,44-45H,1-2,12,15,19,25,27-28H2/b4-3?,5-3?,6-4?,7-5?,9-6?,10-7?,16-9?,17-10?,23-22-,36-16?,36-17?,42-30-,44-43?,46-32?. The van der Waals surface area contributed by atoms with Gasteiger partial charge in [0, 0.05) is 30.5 Å². The Hall–Kier alpha value is -5.28. The third kappa shape index (κ3) is 9.36. The van der Waals surface area contributed by atoms with E-state index < -0.39 is 0 Å². The molecule has 0 aromatic heterocycles. The molecule has 1 atom stereocenters. The first-order valence-electron chi connectivity index (χ1n) is 16.1. The molecule has 1 unspecified atom stereocenters. The van der Waals surface area contributed by atoms with Crippen molar-refractivity contribution in [2.45, 2.75) is 32.1 Å². The summed E-state index contributed by atoms with van der Waals surface area (Å²) in [6, 6.07) is 18.0. The summed E-state index contributed by atoms with van der Waals surface area (Å²) in [6.07, 6.45) is 37.4. The number of hydrogen-bond acceptors (Lipinski definition) is 2. The van der Waals surface area contributed by atoms with E-state index >= 15 is 0 Å². The third-order valence-corrected chi connectivity index (χ3v) is 8.28. The molecule has 4 aliphatic rings. The molecule has 0 amide bonds. The fourth-order valence-corrected chi connectivity index (χ4v) is 5.65. The van der Waals surface area contributed by atoms with E-state index in [4.69, 9.17) is 5.41 Å². The molecule has 1 heterocycles. The Bertz CT molecular complexity index is 1730. The number of hydrogen-bond donors (Lipinski definition) is 2. The fourth-order valence-electron chi connectivity index (χ4n) is 5.65. The molecule has 0 saturated carbocycles. The summed E-state index contributed by atoms with van der Waals surface area (Å²) < 4.78 is 0. The average Bonchev–Trinajstić information content (AvgIpc) is 3.12. The van der Waals surface area contributed by atoms with Crippen LogP contribution in [-0.4, -0.2) is 18.6 Å². The van der Waals surface area contributed by atoms with Crippen LogP contribution < -0.4 is 5.32 Å². The molecular formula is C43H43N3. The molecular weight excluding hydrogens is 558 g/mol. The average molecular weight is 602 g/mol. The lowest BCUT2D eigenvalue weighted by atomic mass is 9.85. The number of aliphatic imine (C=N–C) groups is 1. The van der Waals surface area contributed by atoms with Crippen molar-refractivity contribution < 1.29 is 0 Å². The maximum absolute atomic E-state index is 8.71. The molecule has 0 radical (unpaired) electrons. The summed E-state index contributed by atoms with van der Waals surface area (Å²) in [5.41, 5.74) is 9.94. The van der Waals surface area contributed by atoms with Gasteiger partial charge in [0.15, 0.2) is 5.84 Å². The zero-order chi connectivity index (χ0) is 32.0. The van der Waals surface area contributed by atoms with Crippen molar-refractivity contribution in [3.05, 3.63) is 198 Å². The first-order chi connectivity index (χ1) is 22.6. The minimum absolute atomic E-state index is 0.133. The molecule has 0 fully saturated rings. The van der Waals surface area contributed by atoms with E-state index in [1.54, 1.807) is 0 Å². The second-order valence-electron chi connectivity index (χ2n) is 11.6. The van der Waals surface area contributed by atoms with Gasteiger partial charge in [-0.1, -0.05) is 147 Å². The molecule has 1 aromatic rings. The van der Waals surface area contributed by atoms with Crippen LogP contribution in [0.4, 0.5) is 0 Å². The molecule has 230 valence electrons. The lowest BCUT2D eigenvalue weighted by molar-refractivity contribution is 0.805. The molecule has 2 N–H and O–H groups in total. The first kappa shape index (κ1) is 32.1. The number of allylic oxidation sites excluding steroid dienone is 18. The van der Waals surface area contributed by atoms with Crippen molar-refractivity contribution in [3.8, 4) is 0 Å². The van der Waals surface area contributed by atoms with Gasteiger partial charge in [-0.15, -0.1) is 0 Å². The van der Waals surface area contributed by atoms with Gasteiger partial charge in [-0.3, -0.25) is 5.41 Å². The van der Waals surface area contributed by atoms with Gasteiger partial charge >= 0.3 is 0 Å². The van der Waals surface area contributed by atoms with E-state index in [1.807, 2.05) is 73.0 Å². The molecule has 3 nitrogen and oxygen atoms in total. The molecule has 1 aliphatic heterocycles. The Morgan fingerprint density at radius 3 is 2.28 bits per heavy atom. The second kappa shape index (κ2) is 16.7. The van der Waals surface area contributed by atoms with Crippen molar-refractivity contribution in [2.75, 3.05) is 6.54 Å². The summed E-state index contributed by atoms with van der Waals surface area (Å²) in [5.74, 6) is 0.363. The van der Waals surface area contributed by atoms with Crippen LogP contribution in [0.1, 0.15) is 37.7 Å². The third-order valence-electron chi connectivity index (χ3n) is 8.28. The van der Waals surface area contributed by atoms with Crippen molar-refractivity contribution in [1.29, 1.82) is 5.41 Å². The van der Waals surface area contributed by atoms with Crippen molar-refractivity contribution >= 4 is 17.6 Å². The molecule has 0 spiro atoms. The van der Waals surface area contributed by atoms with Gasteiger partial charge in [-0.25, -0.2) is 4.99 Å². The fraction of sp³-hybridized carbons (Fsp3) is 0.163. The van der Waals surface area contributed by atoms with E-state index in [9.17, 15) is 0 Å². The molecule has 1 aromatic carbocycles. The van der Waals surface area contributed by atoms with Crippen molar-refractivity contribution in [1.82, 2.24) is 5.32 Å². The minimum atomic E-state index is 0.133. The highest BCUT2D eigenvalue weighted by molar-refractivity contribution is 6.05. The van der Waals surface area contributed by atoms with Crippen molar-refractivity contribution in [2.24, 2.45) is 10.9 Å². The SMILES string of the molecule is C=C(/C=C\C(=C)c1ccccccccc1)C(=N)N=C/C(=C/C1C=C(C2=CNCC=C2)C=CC1)C1=CC=C(C2=CC=CCC2)CC1. The predicted octanol–water partition coefficient (Wildman–Crippen LogP) is 10.4. The zero-order valence-electron chi connectivity index (χ0n) is 26.5. The van der Waals surface area contributed by atoms with Gasteiger partial charge in [-0.2, -0.15) is 0 Å². The van der Waals surface area contributed by atoms with Gasteiger partial charge in [0.1, 0.15) is 0 Å². The van der Waals surface area contributed by atoms with E-state index in [0.717, 1.165) is 55.4 Å². The normalized spacial score (nSPS) is 19.3. The monoisotopic (exact) mass is 601 g/mol. The smallest absolute Gasteiger partial charge is 0.151 e. The van der Waals surface area contributed by atoms with Crippen LogP contribution in [-0.2, 0) is 0 Å². The first-order valence-corrected chi connectivity index (χ1v) is 16.1. The number of dihydropyridines is 1. The van der Waals surface area contributed by atoms with Crippen LogP contribution in [0, 0.1) is 11.3 Å². The minimum Gasteiger partial charge on any atom is -0.387 e. The number of nitrogens with one attached hydrogen (secondary N) is 2. The van der Waals surface area contributed by atoms with E-state index in [2.05, 4.69) is 96.5 Å². The van der Waals surface area contributed by atoms with E-state index in [-0.39, 0.29) is 11.8 Å². The molecule has 0 bridgehead atoms. The van der Waals surface area contributed by atoms with Crippen LogP contribution in [0.25, 0.3) is 5.57 Å². The summed E-state index contributed by atoms with van der Waals surface area (Å²) in [5, 5.41) is 12.0. The van der Waals surface area contributed by atoms with E-state index in [0.29, 0.717) is 5.57 Å². The number of nitrogens with zero attached hydrogens (tertiary/aromatic N) is 1. The highest BCUT2D eigenvalue weighted by atomic mass is 14.8. The topological polar surface area (TPSA) is 48.2 Å². The maximum Gasteiger partial charge on any atom is 0.151 e. The van der Waals surface area contributed by atoms with Crippen molar-refractivity contribution in [3.63, 3.8) is 0 Å². The van der Waals surface area contributed by atoms with Gasteiger partial charge < -0.3 is 5.32 Å². The molecule has 0 saturated heterocycles. The summed E-state index contributed by atoms with van der Waals surface area (Å²) in [7, 11) is 0. The molecule has 46 heavy (non-hydrogen) atoms. The maximum atomic E-state index is 8.71.